The number of carbonyl (C=O) groups is 1. The minimum atomic E-state index is -0.289. The second kappa shape index (κ2) is 5.61. The first-order valence-electron chi connectivity index (χ1n) is 6.31. The van der Waals surface area contributed by atoms with E-state index in [1.807, 2.05) is 18.2 Å². The molecule has 0 aliphatic rings. The summed E-state index contributed by atoms with van der Waals surface area (Å²) in [6, 6.07) is 14.4. The third-order valence-electron chi connectivity index (χ3n) is 3.08. The van der Waals surface area contributed by atoms with Gasteiger partial charge in [-0.1, -0.05) is 22.0 Å². The number of carbonyl (C=O) groups excluding carboxylic acids is 1. The van der Waals surface area contributed by atoms with Crippen molar-refractivity contribution in [3.8, 4) is 5.75 Å². The largest absolute Gasteiger partial charge is 0.497 e. The molecule has 1 heterocycles. The Bertz CT molecular complexity index is 793. The van der Waals surface area contributed by atoms with Gasteiger partial charge in [0.1, 0.15) is 11.3 Å². The Kier molecular flexibility index (Phi) is 3.66. The topological polar surface area (TPSA) is 51.5 Å². The fraction of sp³-hybridized carbons (Fsp3) is 0.0625. The summed E-state index contributed by atoms with van der Waals surface area (Å²) < 4.78 is 11.5. The standard InChI is InChI=1S/C16H12BrNO3/c1-20-11-7-5-10(6-8-11)18-16(19)15-9-12-13(17)3-2-4-14(12)21-15/h2-9H,1H3,(H,18,19). The number of benzene rings is 2. The molecule has 4 nitrogen and oxygen atoms in total. The minimum absolute atomic E-state index is 0.271. The number of nitrogens with one attached hydrogen (secondary N) is 1. The van der Waals surface area contributed by atoms with E-state index in [4.69, 9.17) is 9.15 Å². The lowest BCUT2D eigenvalue weighted by molar-refractivity contribution is 0.0998. The maximum absolute atomic E-state index is 12.2. The summed E-state index contributed by atoms with van der Waals surface area (Å²) in [4.78, 5) is 12.2. The van der Waals surface area contributed by atoms with Gasteiger partial charge in [0.15, 0.2) is 5.76 Å². The molecule has 0 aliphatic carbocycles. The average molecular weight is 346 g/mol. The first-order chi connectivity index (χ1) is 10.2. The monoisotopic (exact) mass is 345 g/mol. The average Bonchev–Trinajstić information content (AvgIpc) is 2.94. The number of ether oxygens (including phenoxy) is 1. The van der Waals surface area contributed by atoms with Crippen molar-refractivity contribution in [1.29, 1.82) is 0 Å². The zero-order valence-electron chi connectivity index (χ0n) is 11.2. The van der Waals surface area contributed by atoms with Crippen LogP contribution in [-0.4, -0.2) is 13.0 Å². The van der Waals surface area contributed by atoms with Crippen LogP contribution in [-0.2, 0) is 0 Å². The summed E-state index contributed by atoms with van der Waals surface area (Å²) in [6.45, 7) is 0. The van der Waals surface area contributed by atoms with E-state index >= 15 is 0 Å². The Balaban J connectivity index is 1.84. The number of halogens is 1. The number of hydrogen-bond acceptors (Lipinski definition) is 3. The lowest BCUT2D eigenvalue weighted by Gasteiger charge is -2.04. The first-order valence-corrected chi connectivity index (χ1v) is 7.10. The van der Waals surface area contributed by atoms with Crippen molar-refractivity contribution in [3.63, 3.8) is 0 Å². The molecule has 0 atom stereocenters. The van der Waals surface area contributed by atoms with Crippen molar-refractivity contribution in [2.75, 3.05) is 12.4 Å². The van der Waals surface area contributed by atoms with Gasteiger partial charge < -0.3 is 14.5 Å². The van der Waals surface area contributed by atoms with Gasteiger partial charge in [-0.25, -0.2) is 0 Å². The number of fused-ring (bicyclic) bond motifs is 1. The molecule has 0 radical (unpaired) electrons. The van der Waals surface area contributed by atoms with Crippen LogP contribution in [0.25, 0.3) is 11.0 Å². The van der Waals surface area contributed by atoms with Gasteiger partial charge in [0.05, 0.1) is 7.11 Å². The molecular weight excluding hydrogens is 334 g/mol. The van der Waals surface area contributed by atoms with Gasteiger partial charge in [-0.05, 0) is 42.5 Å². The molecule has 0 aliphatic heterocycles. The number of methoxy groups -OCH3 is 1. The number of hydrogen-bond donors (Lipinski definition) is 1. The van der Waals surface area contributed by atoms with E-state index in [9.17, 15) is 4.79 Å². The van der Waals surface area contributed by atoms with Gasteiger partial charge in [-0.15, -0.1) is 0 Å². The van der Waals surface area contributed by atoms with E-state index in [0.717, 1.165) is 15.6 Å². The van der Waals surface area contributed by atoms with E-state index in [2.05, 4.69) is 21.2 Å². The molecule has 0 saturated carbocycles. The van der Waals surface area contributed by atoms with Crippen molar-refractivity contribution in [3.05, 3.63) is 58.8 Å². The minimum Gasteiger partial charge on any atom is -0.497 e. The molecule has 0 bridgehead atoms. The SMILES string of the molecule is COc1ccc(NC(=O)c2cc3c(Br)cccc3o2)cc1. The molecule has 21 heavy (non-hydrogen) atoms. The quantitative estimate of drug-likeness (QED) is 0.762. The Hall–Kier alpha value is -2.27. The fourth-order valence-electron chi connectivity index (χ4n) is 2.00. The van der Waals surface area contributed by atoms with E-state index < -0.39 is 0 Å². The molecule has 2 aromatic carbocycles. The molecule has 1 amide bonds. The zero-order valence-corrected chi connectivity index (χ0v) is 12.8. The molecule has 0 unspecified atom stereocenters. The van der Waals surface area contributed by atoms with E-state index in [-0.39, 0.29) is 11.7 Å². The van der Waals surface area contributed by atoms with Crippen molar-refractivity contribution in [2.24, 2.45) is 0 Å². The van der Waals surface area contributed by atoms with Crippen LogP contribution in [0.2, 0.25) is 0 Å². The fourth-order valence-corrected chi connectivity index (χ4v) is 2.47. The third-order valence-corrected chi connectivity index (χ3v) is 3.77. The Morgan fingerprint density at radius 1 is 1.19 bits per heavy atom. The summed E-state index contributed by atoms with van der Waals surface area (Å²) in [7, 11) is 1.60. The molecule has 1 N–H and O–H groups in total. The molecule has 1 aromatic heterocycles. The number of furan rings is 1. The second-order valence-electron chi connectivity index (χ2n) is 4.44. The molecule has 3 rings (SSSR count). The predicted molar refractivity (Wildman–Crippen MR) is 84.9 cm³/mol. The van der Waals surface area contributed by atoms with E-state index in [1.54, 1.807) is 37.4 Å². The predicted octanol–water partition coefficient (Wildman–Crippen LogP) is 4.46. The van der Waals surface area contributed by atoms with E-state index in [0.29, 0.717) is 11.3 Å². The maximum atomic E-state index is 12.2. The highest BCUT2D eigenvalue weighted by Crippen LogP contribution is 2.27. The Labute approximate surface area is 129 Å². The van der Waals surface area contributed by atoms with Gasteiger partial charge in [0.25, 0.3) is 5.91 Å². The normalized spacial score (nSPS) is 10.6. The molecule has 5 heteroatoms. The van der Waals surface area contributed by atoms with Gasteiger partial charge in [-0.3, -0.25) is 4.79 Å². The molecule has 0 saturated heterocycles. The molecule has 3 aromatic rings. The first kappa shape index (κ1) is 13.7. The van der Waals surface area contributed by atoms with Crippen LogP contribution in [0.1, 0.15) is 10.6 Å². The van der Waals surface area contributed by atoms with Gasteiger partial charge in [0.2, 0.25) is 0 Å². The van der Waals surface area contributed by atoms with Crippen molar-refractivity contribution in [1.82, 2.24) is 0 Å². The smallest absolute Gasteiger partial charge is 0.291 e. The van der Waals surface area contributed by atoms with Crippen molar-refractivity contribution in [2.45, 2.75) is 0 Å². The zero-order chi connectivity index (χ0) is 14.8. The molecule has 0 spiro atoms. The lowest BCUT2D eigenvalue weighted by Crippen LogP contribution is -2.10. The number of rotatable bonds is 3. The van der Waals surface area contributed by atoms with Gasteiger partial charge >= 0.3 is 0 Å². The van der Waals surface area contributed by atoms with E-state index in [1.165, 1.54) is 0 Å². The second-order valence-corrected chi connectivity index (χ2v) is 5.30. The van der Waals surface area contributed by atoms with Crippen LogP contribution < -0.4 is 10.1 Å². The molecular formula is C16H12BrNO3. The summed E-state index contributed by atoms with van der Waals surface area (Å²) >= 11 is 3.44. The Morgan fingerprint density at radius 2 is 1.95 bits per heavy atom. The van der Waals surface area contributed by atoms with Crippen LogP contribution in [0.15, 0.2) is 57.4 Å². The van der Waals surface area contributed by atoms with Crippen LogP contribution in [0.4, 0.5) is 5.69 Å². The number of anilines is 1. The van der Waals surface area contributed by atoms with Crippen LogP contribution >= 0.6 is 15.9 Å². The summed E-state index contributed by atoms with van der Waals surface area (Å²) in [6.07, 6.45) is 0. The highest BCUT2D eigenvalue weighted by Gasteiger charge is 2.13. The van der Waals surface area contributed by atoms with Gasteiger partial charge in [-0.2, -0.15) is 0 Å². The highest BCUT2D eigenvalue weighted by atomic mass is 79.9. The lowest BCUT2D eigenvalue weighted by atomic mass is 10.2. The van der Waals surface area contributed by atoms with Gasteiger partial charge in [0, 0.05) is 15.5 Å². The molecule has 106 valence electrons. The highest BCUT2D eigenvalue weighted by molar-refractivity contribution is 9.10. The van der Waals surface area contributed by atoms with Crippen LogP contribution in [0.5, 0.6) is 5.75 Å². The molecule has 0 fully saturated rings. The van der Waals surface area contributed by atoms with Crippen LogP contribution in [0.3, 0.4) is 0 Å². The van der Waals surface area contributed by atoms with Crippen molar-refractivity contribution >= 4 is 38.5 Å². The Morgan fingerprint density at radius 3 is 2.62 bits per heavy atom. The summed E-state index contributed by atoms with van der Waals surface area (Å²) in [5.74, 6) is 0.719. The maximum Gasteiger partial charge on any atom is 0.291 e. The van der Waals surface area contributed by atoms with Crippen molar-refractivity contribution < 1.29 is 13.9 Å². The third kappa shape index (κ3) is 2.78. The summed E-state index contributed by atoms with van der Waals surface area (Å²) in [5.41, 5.74) is 1.35. The number of amides is 1. The summed E-state index contributed by atoms with van der Waals surface area (Å²) in [5, 5.41) is 3.66. The van der Waals surface area contributed by atoms with Crippen LogP contribution in [0, 0.1) is 0 Å².